The minimum Gasteiger partial charge on any atom is -0.328 e. The zero-order valence-electron chi connectivity index (χ0n) is 18.4. The van der Waals surface area contributed by atoms with E-state index in [9.17, 15) is 14.0 Å². The van der Waals surface area contributed by atoms with Crippen LogP contribution in [0.3, 0.4) is 0 Å². The molecule has 170 valence electrons. The molecular formula is C23H23FN6O2S. The molecular weight excluding hydrogens is 443 g/mol. The second-order valence-corrected chi connectivity index (χ2v) is 9.75. The van der Waals surface area contributed by atoms with Crippen LogP contribution in [0.5, 0.6) is 0 Å². The van der Waals surface area contributed by atoms with Gasteiger partial charge in [0.05, 0.1) is 11.7 Å². The van der Waals surface area contributed by atoms with Gasteiger partial charge in [-0.15, -0.1) is 0 Å². The third kappa shape index (κ3) is 3.11. The van der Waals surface area contributed by atoms with Gasteiger partial charge in [0, 0.05) is 30.6 Å². The average molecular weight is 467 g/mol. The molecule has 2 bridgehead atoms. The SMILES string of the molecule is Cc1nsc(-c2nc(N3C(=O)[C@@H]4CC[C@H]3C4)c3n2CCN(C(=O)c2ccc(F)cc2)[C@@H]3C)n1. The van der Waals surface area contributed by atoms with Crippen LogP contribution in [0.4, 0.5) is 10.2 Å². The molecule has 2 aromatic heterocycles. The predicted molar refractivity (Wildman–Crippen MR) is 120 cm³/mol. The van der Waals surface area contributed by atoms with E-state index in [1.807, 2.05) is 18.7 Å². The first-order valence-electron chi connectivity index (χ1n) is 11.2. The van der Waals surface area contributed by atoms with Gasteiger partial charge in [0.1, 0.15) is 11.6 Å². The van der Waals surface area contributed by atoms with Crippen molar-refractivity contribution in [2.75, 3.05) is 11.4 Å². The normalized spacial score (nSPS) is 24.0. The molecule has 3 aromatic rings. The Balaban J connectivity index is 1.44. The number of piperidine rings is 1. The quantitative estimate of drug-likeness (QED) is 0.589. The lowest BCUT2D eigenvalue weighted by atomic mass is 10.1. The molecule has 2 amide bonds. The molecule has 2 fully saturated rings. The number of aryl methyl sites for hydroxylation is 1. The zero-order valence-corrected chi connectivity index (χ0v) is 19.2. The van der Waals surface area contributed by atoms with Crippen molar-refractivity contribution >= 4 is 29.2 Å². The number of amides is 2. The number of anilines is 1. The fraction of sp³-hybridized carbons (Fsp3) is 0.435. The van der Waals surface area contributed by atoms with Gasteiger partial charge in [0.25, 0.3) is 5.91 Å². The van der Waals surface area contributed by atoms with Gasteiger partial charge in [0.15, 0.2) is 16.6 Å². The Kier molecular flexibility index (Phi) is 4.62. The summed E-state index contributed by atoms with van der Waals surface area (Å²) in [6, 6.07) is 5.46. The van der Waals surface area contributed by atoms with Crippen molar-refractivity contribution in [3.8, 4) is 10.8 Å². The number of aromatic nitrogens is 4. The minimum atomic E-state index is -0.377. The van der Waals surface area contributed by atoms with Crippen molar-refractivity contribution in [3.63, 3.8) is 0 Å². The van der Waals surface area contributed by atoms with Crippen LogP contribution in [-0.4, -0.2) is 48.2 Å². The number of hydrogen-bond acceptors (Lipinski definition) is 6. The number of nitrogens with zero attached hydrogens (tertiary/aromatic N) is 6. The molecule has 3 atom stereocenters. The van der Waals surface area contributed by atoms with Crippen LogP contribution in [-0.2, 0) is 11.3 Å². The van der Waals surface area contributed by atoms with Crippen LogP contribution in [0.2, 0.25) is 0 Å². The highest BCUT2D eigenvalue weighted by Gasteiger charge is 2.48. The van der Waals surface area contributed by atoms with E-state index in [1.165, 1.54) is 35.8 Å². The summed E-state index contributed by atoms with van der Waals surface area (Å²) in [6.45, 7) is 4.82. The van der Waals surface area contributed by atoms with E-state index in [4.69, 9.17) is 4.98 Å². The second kappa shape index (κ2) is 7.44. The smallest absolute Gasteiger partial charge is 0.254 e. The van der Waals surface area contributed by atoms with Gasteiger partial charge in [0.2, 0.25) is 5.91 Å². The fourth-order valence-electron chi connectivity index (χ4n) is 5.48. The van der Waals surface area contributed by atoms with E-state index in [-0.39, 0.29) is 35.6 Å². The van der Waals surface area contributed by atoms with Gasteiger partial charge in [-0.3, -0.25) is 14.5 Å². The van der Waals surface area contributed by atoms with Crippen molar-refractivity contribution in [1.82, 2.24) is 23.8 Å². The molecule has 3 aliphatic rings. The van der Waals surface area contributed by atoms with Crippen molar-refractivity contribution in [2.45, 2.75) is 51.7 Å². The molecule has 10 heteroatoms. The lowest BCUT2D eigenvalue weighted by molar-refractivity contribution is -0.121. The minimum absolute atomic E-state index is 0.0652. The zero-order chi connectivity index (χ0) is 22.9. The summed E-state index contributed by atoms with van der Waals surface area (Å²) in [5.74, 6) is 1.67. The molecule has 2 aliphatic heterocycles. The van der Waals surface area contributed by atoms with Gasteiger partial charge >= 0.3 is 0 Å². The van der Waals surface area contributed by atoms with Crippen LogP contribution < -0.4 is 4.90 Å². The summed E-state index contributed by atoms with van der Waals surface area (Å²) >= 11 is 1.29. The number of fused-ring (bicyclic) bond motifs is 3. The van der Waals surface area contributed by atoms with Gasteiger partial charge in [-0.1, -0.05) is 0 Å². The van der Waals surface area contributed by atoms with E-state index in [0.29, 0.717) is 41.1 Å². The third-order valence-corrected chi connectivity index (χ3v) is 7.87. The molecule has 8 nitrogen and oxygen atoms in total. The van der Waals surface area contributed by atoms with Gasteiger partial charge < -0.3 is 9.47 Å². The maximum atomic E-state index is 13.4. The van der Waals surface area contributed by atoms with Crippen LogP contribution >= 0.6 is 11.5 Å². The van der Waals surface area contributed by atoms with E-state index in [0.717, 1.165) is 25.0 Å². The summed E-state index contributed by atoms with van der Waals surface area (Å²) in [5.41, 5.74) is 1.29. The highest BCUT2D eigenvalue weighted by atomic mass is 32.1. The summed E-state index contributed by atoms with van der Waals surface area (Å²) in [6.07, 6.45) is 2.77. The highest BCUT2D eigenvalue weighted by Crippen LogP contribution is 2.45. The summed E-state index contributed by atoms with van der Waals surface area (Å²) < 4.78 is 19.8. The Hall–Kier alpha value is -3.14. The predicted octanol–water partition coefficient (Wildman–Crippen LogP) is 3.58. The topological polar surface area (TPSA) is 84.2 Å². The fourth-order valence-corrected chi connectivity index (χ4v) is 6.14. The molecule has 4 heterocycles. The summed E-state index contributed by atoms with van der Waals surface area (Å²) in [5, 5.41) is 0.710. The van der Waals surface area contributed by atoms with E-state index in [1.54, 1.807) is 4.90 Å². The number of halogens is 1. The standard InChI is InChI=1S/C23H23FN6O2S/c1-12-18-19(30-17-8-5-15(11-17)23(30)32)26-20(21-25-13(2)27-33-21)29(18)10-9-28(12)22(31)14-3-6-16(24)7-4-14/h3-4,6-7,12,15,17H,5,8-11H2,1-2H3/t12-,15-,17+/m1/s1. The number of hydrogen-bond donors (Lipinski definition) is 0. The number of carbonyl (C=O) groups is 2. The number of rotatable bonds is 3. The van der Waals surface area contributed by atoms with Crippen LogP contribution in [0.1, 0.15) is 54.1 Å². The van der Waals surface area contributed by atoms with Crippen molar-refractivity contribution in [1.29, 1.82) is 0 Å². The molecule has 0 unspecified atom stereocenters. The van der Waals surface area contributed by atoms with Crippen molar-refractivity contribution < 1.29 is 14.0 Å². The summed E-state index contributed by atoms with van der Waals surface area (Å²) in [7, 11) is 0. The van der Waals surface area contributed by atoms with E-state index in [2.05, 4.69) is 13.9 Å². The molecule has 1 saturated heterocycles. The first-order chi connectivity index (χ1) is 15.9. The lowest BCUT2D eigenvalue weighted by Gasteiger charge is -2.37. The highest BCUT2D eigenvalue weighted by molar-refractivity contribution is 7.09. The lowest BCUT2D eigenvalue weighted by Crippen LogP contribution is -2.43. The van der Waals surface area contributed by atoms with E-state index < -0.39 is 0 Å². The summed E-state index contributed by atoms with van der Waals surface area (Å²) in [4.78, 5) is 39.5. The number of imidazole rings is 1. The van der Waals surface area contributed by atoms with Crippen LogP contribution in [0, 0.1) is 18.7 Å². The molecule has 0 spiro atoms. The molecule has 0 radical (unpaired) electrons. The first kappa shape index (κ1) is 20.5. The Morgan fingerprint density at radius 3 is 2.61 bits per heavy atom. The Morgan fingerprint density at radius 1 is 1.15 bits per heavy atom. The molecule has 0 N–H and O–H groups in total. The first-order valence-corrected chi connectivity index (χ1v) is 12.0. The van der Waals surface area contributed by atoms with Crippen LogP contribution in [0.15, 0.2) is 24.3 Å². The monoisotopic (exact) mass is 466 g/mol. The van der Waals surface area contributed by atoms with Gasteiger partial charge in [-0.25, -0.2) is 14.4 Å². The maximum absolute atomic E-state index is 13.4. The van der Waals surface area contributed by atoms with Crippen molar-refractivity contribution in [3.05, 3.63) is 47.2 Å². The number of benzene rings is 1. The average Bonchev–Trinajstić information content (AvgIpc) is 3.57. The molecule has 33 heavy (non-hydrogen) atoms. The maximum Gasteiger partial charge on any atom is 0.254 e. The van der Waals surface area contributed by atoms with Crippen molar-refractivity contribution in [2.24, 2.45) is 5.92 Å². The van der Waals surface area contributed by atoms with Crippen LogP contribution in [0.25, 0.3) is 10.8 Å². The van der Waals surface area contributed by atoms with E-state index >= 15 is 0 Å². The molecule has 1 aromatic carbocycles. The Labute approximate surface area is 194 Å². The Morgan fingerprint density at radius 2 is 1.94 bits per heavy atom. The third-order valence-electron chi connectivity index (χ3n) is 7.07. The second-order valence-electron chi connectivity index (χ2n) is 9.00. The van der Waals surface area contributed by atoms with Gasteiger partial charge in [-0.05, 0) is 68.9 Å². The number of carbonyl (C=O) groups excluding carboxylic acids is 2. The largest absolute Gasteiger partial charge is 0.328 e. The molecule has 1 saturated carbocycles. The molecule has 1 aliphatic carbocycles. The molecule has 6 rings (SSSR count). The Bertz CT molecular complexity index is 1270. The van der Waals surface area contributed by atoms with Gasteiger partial charge in [-0.2, -0.15) is 4.37 Å².